The van der Waals surface area contributed by atoms with E-state index in [1.165, 1.54) is 0 Å². The standard InChI is InChI=1S/C8H15N3O2/c9-7(12)3-5-11-8(13)6-2-1-4-10-6/h6,10H,1-5H2,(H2,9,12)(H,11,13)/t6-/m1/s1. The molecule has 1 rings (SSSR count). The zero-order valence-corrected chi connectivity index (χ0v) is 7.51. The van der Waals surface area contributed by atoms with Crippen LogP contribution in [-0.4, -0.2) is 30.9 Å². The molecule has 5 heteroatoms. The van der Waals surface area contributed by atoms with Crippen LogP contribution in [0.1, 0.15) is 19.3 Å². The summed E-state index contributed by atoms with van der Waals surface area (Å²) in [6.45, 7) is 1.24. The van der Waals surface area contributed by atoms with Crippen molar-refractivity contribution in [3.8, 4) is 0 Å². The Morgan fingerprint density at radius 1 is 1.54 bits per heavy atom. The minimum absolute atomic E-state index is 0.0289. The third-order valence-corrected chi connectivity index (χ3v) is 2.05. The van der Waals surface area contributed by atoms with E-state index in [-0.39, 0.29) is 24.3 Å². The Kier molecular flexibility index (Phi) is 3.70. The maximum atomic E-state index is 11.3. The summed E-state index contributed by atoms with van der Waals surface area (Å²) in [4.78, 5) is 21.7. The Morgan fingerprint density at radius 2 is 2.31 bits per heavy atom. The van der Waals surface area contributed by atoms with E-state index in [0.717, 1.165) is 19.4 Å². The molecule has 1 saturated heterocycles. The van der Waals surface area contributed by atoms with E-state index in [4.69, 9.17) is 5.73 Å². The van der Waals surface area contributed by atoms with E-state index in [1.807, 2.05) is 0 Å². The normalized spacial score (nSPS) is 21.4. The van der Waals surface area contributed by atoms with Crippen molar-refractivity contribution in [1.29, 1.82) is 0 Å². The van der Waals surface area contributed by atoms with Crippen molar-refractivity contribution in [2.45, 2.75) is 25.3 Å². The van der Waals surface area contributed by atoms with E-state index < -0.39 is 0 Å². The number of hydrogen-bond acceptors (Lipinski definition) is 3. The van der Waals surface area contributed by atoms with Crippen molar-refractivity contribution < 1.29 is 9.59 Å². The molecule has 13 heavy (non-hydrogen) atoms. The zero-order valence-electron chi connectivity index (χ0n) is 7.51. The molecule has 74 valence electrons. The van der Waals surface area contributed by atoms with Gasteiger partial charge in [-0.15, -0.1) is 0 Å². The van der Waals surface area contributed by atoms with Gasteiger partial charge in [-0.25, -0.2) is 0 Å². The number of primary amides is 1. The highest BCUT2D eigenvalue weighted by Gasteiger charge is 2.21. The topological polar surface area (TPSA) is 84.2 Å². The van der Waals surface area contributed by atoms with E-state index in [1.54, 1.807) is 0 Å². The van der Waals surface area contributed by atoms with Gasteiger partial charge < -0.3 is 16.4 Å². The second kappa shape index (κ2) is 4.81. The monoisotopic (exact) mass is 185 g/mol. The van der Waals surface area contributed by atoms with Gasteiger partial charge in [0, 0.05) is 13.0 Å². The second-order valence-electron chi connectivity index (χ2n) is 3.16. The molecule has 0 saturated carbocycles. The van der Waals surface area contributed by atoms with Gasteiger partial charge in [0.1, 0.15) is 0 Å². The minimum Gasteiger partial charge on any atom is -0.370 e. The summed E-state index contributed by atoms with van der Waals surface area (Å²) >= 11 is 0. The van der Waals surface area contributed by atoms with E-state index in [0.29, 0.717) is 6.54 Å². The summed E-state index contributed by atoms with van der Waals surface area (Å²) in [7, 11) is 0. The Hall–Kier alpha value is -1.10. The van der Waals surface area contributed by atoms with Crippen LogP contribution < -0.4 is 16.4 Å². The molecule has 0 radical (unpaired) electrons. The molecule has 4 N–H and O–H groups in total. The number of nitrogens with two attached hydrogens (primary N) is 1. The molecule has 1 fully saturated rings. The highest BCUT2D eigenvalue weighted by atomic mass is 16.2. The van der Waals surface area contributed by atoms with Crippen LogP contribution in [-0.2, 0) is 9.59 Å². The summed E-state index contributed by atoms with van der Waals surface area (Å²) in [5.74, 6) is -0.418. The average Bonchev–Trinajstić information content (AvgIpc) is 2.55. The maximum absolute atomic E-state index is 11.3. The van der Waals surface area contributed by atoms with Gasteiger partial charge in [0.25, 0.3) is 0 Å². The van der Waals surface area contributed by atoms with Crippen molar-refractivity contribution >= 4 is 11.8 Å². The maximum Gasteiger partial charge on any atom is 0.237 e. The fraction of sp³-hybridized carbons (Fsp3) is 0.750. The van der Waals surface area contributed by atoms with Gasteiger partial charge in [-0.1, -0.05) is 0 Å². The third-order valence-electron chi connectivity index (χ3n) is 2.05. The Morgan fingerprint density at radius 3 is 2.85 bits per heavy atom. The Bertz CT molecular complexity index is 200. The lowest BCUT2D eigenvalue weighted by Gasteiger charge is -2.09. The molecule has 0 spiro atoms. The molecule has 5 nitrogen and oxygen atoms in total. The highest BCUT2D eigenvalue weighted by Crippen LogP contribution is 2.04. The van der Waals surface area contributed by atoms with Crippen LogP contribution in [0.2, 0.25) is 0 Å². The zero-order chi connectivity index (χ0) is 9.68. The molecular weight excluding hydrogens is 170 g/mol. The van der Waals surface area contributed by atoms with Crippen LogP contribution in [0.25, 0.3) is 0 Å². The first-order valence-electron chi connectivity index (χ1n) is 4.49. The molecule has 0 aromatic heterocycles. The van der Waals surface area contributed by atoms with Gasteiger partial charge in [-0.2, -0.15) is 0 Å². The quantitative estimate of drug-likeness (QED) is 0.510. The molecule has 1 aliphatic rings. The average molecular weight is 185 g/mol. The van der Waals surface area contributed by atoms with Crippen molar-refractivity contribution in [3.05, 3.63) is 0 Å². The Labute approximate surface area is 77.1 Å². The van der Waals surface area contributed by atoms with Gasteiger partial charge in [0.05, 0.1) is 6.04 Å². The van der Waals surface area contributed by atoms with Gasteiger partial charge in [0.15, 0.2) is 0 Å². The van der Waals surface area contributed by atoms with Crippen molar-refractivity contribution in [3.63, 3.8) is 0 Å². The van der Waals surface area contributed by atoms with Gasteiger partial charge >= 0.3 is 0 Å². The van der Waals surface area contributed by atoms with Gasteiger partial charge in [-0.05, 0) is 19.4 Å². The number of carbonyl (C=O) groups excluding carboxylic acids is 2. The molecule has 0 aromatic carbocycles. The second-order valence-corrected chi connectivity index (χ2v) is 3.16. The van der Waals surface area contributed by atoms with Crippen molar-refractivity contribution in [2.75, 3.05) is 13.1 Å². The summed E-state index contributed by atoms with van der Waals surface area (Å²) in [6.07, 6.45) is 2.12. The first-order chi connectivity index (χ1) is 6.20. The summed E-state index contributed by atoms with van der Waals surface area (Å²) in [6, 6.07) is -0.0760. The molecule has 0 aliphatic carbocycles. The van der Waals surface area contributed by atoms with Crippen LogP contribution >= 0.6 is 0 Å². The molecule has 0 bridgehead atoms. The molecule has 2 amide bonds. The van der Waals surface area contributed by atoms with Crippen LogP contribution in [0.15, 0.2) is 0 Å². The molecule has 0 aromatic rings. The summed E-state index contributed by atoms with van der Waals surface area (Å²) in [5.41, 5.74) is 4.93. The van der Waals surface area contributed by atoms with E-state index in [9.17, 15) is 9.59 Å². The van der Waals surface area contributed by atoms with Crippen LogP contribution in [0.5, 0.6) is 0 Å². The summed E-state index contributed by atoms with van der Waals surface area (Å²) in [5, 5.41) is 5.72. The fourth-order valence-corrected chi connectivity index (χ4v) is 1.34. The molecule has 1 heterocycles. The van der Waals surface area contributed by atoms with Crippen molar-refractivity contribution in [2.24, 2.45) is 5.73 Å². The molecular formula is C8H15N3O2. The van der Waals surface area contributed by atoms with Gasteiger partial charge in [-0.3, -0.25) is 9.59 Å². The number of rotatable bonds is 4. The molecule has 0 unspecified atom stereocenters. The number of carbonyl (C=O) groups is 2. The predicted octanol–water partition coefficient (Wildman–Crippen LogP) is -1.27. The van der Waals surface area contributed by atoms with Crippen LogP contribution in [0.4, 0.5) is 0 Å². The summed E-state index contributed by atoms with van der Waals surface area (Å²) < 4.78 is 0. The lowest BCUT2D eigenvalue weighted by Crippen LogP contribution is -2.41. The Balaban J connectivity index is 2.13. The fourth-order valence-electron chi connectivity index (χ4n) is 1.34. The van der Waals surface area contributed by atoms with Crippen LogP contribution in [0.3, 0.4) is 0 Å². The van der Waals surface area contributed by atoms with Crippen molar-refractivity contribution in [1.82, 2.24) is 10.6 Å². The first-order valence-corrected chi connectivity index (χ1v) is 4.49. The first kappa shape index (κ1) is 9.98. The smallest absolute Gasteiger partial charge is 0.237 e. The minimum atomic E-state index is -0.389. The molecule has 1 aliphatic heterocycles. The number of hydrogen-bond donors (Lipinski definition) is 3. The van der Waals surface area contributed by atoms with E-state index >= 15 is 0 Å². The lowest BCUT2D eigenvalue weighted by atomic mass is 10.2. The lowest BCUT2D eigenvalue weighted by molar-refractivity contribution is -0.123. The highest BCUT2D eigenvalue weighted by molar-refractivity contribution is 5.82. The number of nitrogens with one attached hydrogen (secondary N) is 2. The number of amides is 2. The third kappa shape index (κ3) is 3.42. The van der Waals surface area contributed by atoms with E-state index in [2.05, 4.69) is 10.6 Å². The largest absolute Gasteiger partial charge is 0.370 e. The van der Waals surface area contributed by atoms with Gasteiger partial charge in [0.2, 0.25) is 11.8 Å². The SMILES string of the molecule is NC(=O)CCNC(=O)[C@H]1CCCN1. The predicted molar refractivity (Wildman–Crippen MR) is 47.8 cm³/mol. The molecule has 1 atom stereocenters. The van der Waals surface area contributed by atoms with Crippen LogP contribution in [0, 0.1) is 0 Å².